The number of hydrogen-bond donors (Lipinski definition) is 0. The zero-order chi connectivity index (χ0) is 9.84. The van der Waals surface area contributed by atoms with Gasteiger partial charge in [0.05, 0.1) is 5.69 Å². The highest BCUT2D eigenvalue weighted by atomic mass is 79.9. The summed E-state index contributed by atoms with van der Waals surface area (Å²) in [4.78, 5) is 14.0. The molecule has 0 aromatic carbocycles. The molecule has 0 bridgehead atoms. The van der Waals surface area contributed by atoms with Crippen LogP contribution in [0, 0.1) is 0 Å². The minimum atomic E-state index is -2.64. The maximum absolute atomic E-state index is 12.2. The van der Waals surface area contributed by atoms with Crippen LogP contribution in [0.4, 0.5) is 8.78 Å². The van der Waals surface area contributed by atoms with Gasteiger partial charge < -0.3 is 0 Å². The van der Waals surface area contributed by atoms with Gasteiger partial charge in [-0.1, -0.05) is 15.9 Å². The Hall–Kier alpha value is -0.840. The minimum absolute atomic E-state index is 0.222. The number of rotatable bonds is 3. The molecule has 0 atom stereocenters. The number of aldehydes is 1. The third-order valence-electron chi connectivity index (χ3n) is 1.42. The van der Waals surface area contributed by atoms with Crippen molar-refractivity contribution in [2.45, 2.75) is 11.8 Å². The summed E-state index contributed by atoms with van der Waals surface area (Å²) in [5, 5.41) is 0.356. The van der Waals surface area contributed by atoms with Gasteiger partial charge in [0.25, 0.3) is 6.43 Å². The van der Waals surface area contributed by atoms with Crippen LogP contribution in [-0.4, -0.2) is 11.3 Å². The Morgan fingerprint density at radius 1 is 1.54 bits per heavy atom. The summed E-state index contributed by atoms with van der Waals surface area (Å²) < 4.78 is 24.4. The Kier molecular flexibility index (Phi) is 3.48. The fourth-order valence-corrected chi connectivity index (χ4v) is 1.17. The second kappa shape index (κ2) is 4.41. The van der Waals surface area contributed by atoms with Gasteiger partial charge in [0.15, 0.2) is 0 Å². The van der Waals surface area contributed by atoms with Crippen LogP contribution in [-0.2, 0) is 5.33 Å². The van der Waals surface area contributed by atoms with E-state index in [0.29, 0.717) is 17.3 Å². The first kappa shape index (κ1) is 10.2. The van der Waals surface area contributed by atoms with Crippen LogP contribution in [0.3, 0.4) is 0 Å². The minimum Gasteiger partial charge on any atom is -0.298 e. The first-order chi connectivity index (χ1) is 6.17. The molecule has 0 unspecified atom stereocenters. The van der Waals surface area contributed by atoms with Gasteiger partial charge in [0.2, 0.25) is 0 Å². The molecular weight excluding hydrogens is 244 g/mol. The summed E-state index contributed by atoms with van der Waals surface area (Å²) >= 11 is 3.08. The maximum atomic E-state index is 12.2. The van der Waals surface area contributed by atoms with Crippen molar-refractivity contribution in [3.05, 3.63) is 29.1 Å². The number of carbonyl (C=O) groups is 1. The van der Waals surface area contributed by atoms with Gasteiger partial charge in [-0.2, -0.15) is 0 Å². The fraction of sp³-hybridized carbons (Fsp3) is 0.250. The molecule has 1 heterocycles. The van der Waals surface area contributed by atoms with Gasteiger partial charge in [-0.15, -0.1) is 0 Å². The third kappa shape index (κ3) is 2.55. The number of pyridine rings is 1. The molecule has 0 aliphatic heterocycles. The van der Waals surface area contributed by atoms with Gasteiger partial charge in [0.1, 0.15) is 12.0 Å². The zero-order valence-electron chi connectivity index (χ0n) is 6.51. The van der Waals surface area contributed by atoms with E-state index in [1.807, 2.05) is 0 Å². The topological polar surface area (TPSA) is 30.0 Å². The van der Waals surface area contributed by atoms with Crippen molar-refractivity contribution in [1.82, 2.24) is 4.98 Å². The number of hydrogen-bond acceptors (Lipinski definition) is 2. The van der Waals surface area contributed by atoms with E-state index in [1.165, 1.54) is 6.07 Å². The first-order valence-corrected chi connectivity index (χ1v) is 4.59. The summed E-state index contributed by atoms with van der Waals surface area (Å²) in [6.07, 6.45) is -2.11. The van der Waals surface area contributed by atoms with E-state index in [1.54, 1.807) is 0 Å². The van der Waals surface area contributed by atoms with E-state index in [9.17, 15) is 13.6 Å². The molecule has 0 radical (unpaired) electrons. The lowest BCUT2D eigenvalue weighted by Crippen LogP contribution is -1.97. The Labute approximate surface area is 82.1 Å². The van der Waals surface area contributed by atoms with Crippen molar-refractivity contribution >= 4 is 22.2 Å². The van der Waals surface area contributed by atoms with E-state index in [4.69, 9.17) is 0 Å². The van der Waals surface area contributed by atoms with E-state index in [2.05, 4.69) is 20.9 Å². The van der Waals surface area contributed by atoms with Crippen molar-refractivity contribution in [3.63, 3.8) is 0 Å². The molecule has 0 fully saturated rings. The monoisotopic (exact) mass is 249 g/mol. The molecule has 2 nitrogen and oxygen atoms in total. The quantitative estimate of drug-likeness (QED) is 0.609. The second-order valence-corrected chi connectivity index (χ2v) is 2.93. The zero-order valence-corrected chi connectivity index (χ0v) is 8.09. The Bertz CT molecular complexity index is 317. The molecule has 0 amide bonds. The highest BCUT2D eigenvalue weighted by Gasteiger charge is 2.10. The number of carbonyl (C=O) groups excluding carboxylic acids is 1. The summed E-state index contributed by atoms with van der Waals surface area (Å²) in [5.74, 6) is 0. The highest BCUT2D eigenvalue weighted by Crippen LogP contribution is 2.18. The number of nitrogens with zero attached hydrogens (tertiary/aromatic N) is 1. The van der Waals surface area contributed by atoms with E-state index < -0.39 is 6.43 Å². The SMILES string of the molecule is O=Cc1cc(CBr)nc(C(F)F)c1. The van der Waals surface area contributed by atoms with E-state index in [0.717, 1.165) is 6.07 Å². The lowest BCUT2D eigenvalue weighted by atomic mass is 10.2. The average Bonchev–Trinajstić information content (AvgIpc) is 2.16. The lowest BCUT2D eigenvalue weighted by Gasteiger charge is -2.02. The molecule has 1 aromatic heterocycles. The lowest BCUT2D eigenvalue weighted by molar-refractivity contribution is 0.112. The van der Waals surface area contributed by atoms with Crippen LogP contribution in [0.5, 0.6) is 0 Å². The van der Waals surface area contributed by atoms with E-state index >= 15 is 0 Å². The van der Waals surface area contributed by atoms with Crippen molar-refractivity contribution in [3.8, 4) is 0 Å². The van der Waals surface area contributed by atoms with Gasteiger partial charge in [-0.3, -0.25) is 9.78 Å². The smallest absolute Gasteiger partial charge is 0.280 e. The van der Waals surface area contributed by atoms with Crippen LogP contribution >= 0.6 is 15.9 Å². The number of halogens is 3. The molecule has 0 N–H and O–H groups in total. The number of alkyl halides is 3. The Balaban J connectivity index is 3.14. The van der Waals surface area contributed by atoms with Crippen LogP contribution in [0.25, 0.3) is 0 Å². The maximum Gasteiger partial charge on any atom is 0.280 e. The van der Waals surface area contributed by atoms with Crippen molar-refractivity contribution < 1.29 is 13.6 Å². The summed E-state index contributed by atoms with van der Waals surface area (Å²) in [6, 6.07) is 2.55. The van der Waals surface area contributed by atoms with Crippen molar-refractivity contribution in [1.29, 1.82) is 0 Å². The molecular formula is C8H6BrF2NO. The predicted octanol–water partition coefficient (Wildman–Crippen LogP) is 2.73. The largest absolute Gasteiger partial charge is 0.298 e. The van der Waals surface area contributed by atoms with E-state index in [-0.39, 0.29) is 11.3 Å². The molecule has 1 rings (SSSR count). The van der Waals surface area contributed by atoms with Gasteiger partial charge >= 0.3 is 0 Å². The van der Waals surface area contributed by atoms with Crippen LogP contribution in [0.1, 0.15) is 28.2 Å². The normalized spacial score (nSPS) is 10.5. The van der Waals surface area contributed by atoms with Gasteiger partial charge in [0, 0.05) is 10.9 Å². The molecule has 0 aliphatic rings. The summed E-state index contributed by atoms with van der Waals surface area (Å²) in [5.41, 5.74) is 0.290. The van der Waals surface area contributed by atoms with Crippen molar-refractivity contribution in [2.75, 3.05) is 0 Å². The molecule has 1 aromatic rings. The van der Waals surface area contributed by atoms with Crippen LogP contribution in [0.15, 0.2) is 12.1 Å². The van der Waals surface area contributed by atoms with Crippen LogP contribution < -0.4 is 0 Å². The average molecular weight is 250 g/mol. The molecule has 70 valence electrons. The Morgan fingerprint density at radius 2 is 2.23 bits per heavy atom. The summed E-state index contributed by atoms with van der Waals surface area (Å²) in [7, 11) is 0. The molecule has 5 heteroatoms. The molecule has 0 aliphatic carbocycles. The third-order valence-corrected chi connectivity index (χ3v) is 1.99. The number of aromatic nitrogens is 1. The highest BCUT2D eigenvalue weighted by molar-refractivity contribution is 9.08. The molecule has 0 saturated carbocycles. The molecule has 0 spiro atoms. The molecule has 13 heavy (non-hydrogen) atoms. The van der Waals surface area contributed by atoms with Gasteiger partial charge in [-0.25, -0.2) is 8.78 Å². The molecule has 0 saturated heterocycles. The fourth-order valence-electron chi connectivity index (χ4n) is 0.883. The second-order valence-electron chi connectivity index (χ2n) is 2.37. The standard InChI is InChI=1S/C8H6BrF2NO/c9-3-6-1-5(4-13)2-7(12-6)8(10)11/h1-2,4,8H,3H2. The van der Waals surface area contributed by atoms with Gasteiger partial charge in [-0.05, 0) is 12.1 Å². The Morgan fingerprint density at radius 3 is 2.69 bits per heavy atom. The predicted molar refractivity (Wildman–Crippen MR) is 47.2 cm³/mol. The van der Waals surface area contributed by atoms with Crippen LogP contribution in [0.2, 0.25) is 0 Å². The summed E-state index contributed by atoms with van der Waals surface area (Å²) in [6.45, 7) is 0. The van der Waals surface area contributed by atoms with Crippen molar-refractivity contribution in [2.24, 2.45) is 0 Å². The first-order valence-electron chi connectivity index (χ1n) is 3.47.